The minimum absolute atomic E-state index is 0.0923. The first kappa shape index (κ1) is 16.3. The monoisotopic (exact) mass is 283 g/mol. The fraction of sp³-hybridized carbons (Fsp3) is 1.00. The van der Waals surface area contributed by atoms with Gasteiger partial charge in [0.05, 0.1) is 12.2 Å². The van der Waals surface area contributed by atoms with Gasteiger partial charge in [-0.2, -0.15) is 0 Å². The summed E-state index contributed by atoms with van der Waals surface area (Å²) in [5, 5.41) is 10.3. The Kier molecular flexibility index (Phi) is 5.88. The lowest BCUT2D eigenvalue weighted by molar-refractivity contribution is -0.0305. The van der Waals surface area contributed by atoms with Gasteiger partial charge in [0.2, 0.25) is 0 Å². The fourth-order valence-electron chi connectivity index (χ4n) is 3.99. The molecule has 1 heterocycles. The van der Waals surface area contributed by atoms with E-state index in [0.717, 1.165) is 37.9 Å². The second-order valence-corrected chi connectivity index (χ2v) is 7.44. The number of hydrogen-bond acceptors (Lipinski definition) is 3. The van der Waals surface area contributed by atoms with Crippen molar-refractivity contribution in [1.82, 2.24) is 4.90 Å². The van der Waals surface area contributed by atoms with E-state index in [1.54, 1.807) is 0 Å². The Morgan fingerprint density at radius 3 is 2.65 bits per heavy atom. The quantitative estimate of drug-likeness (QED) is 0.861. The third-order valence-corrected chi connectivity index (χ3v) is 5.69. The van der Waals surface area contributed by atoms with Crippen LogP contribution in [-0.2, 0) is 4.74 Å². The van der Waals surface area contributed by atoms with Crippen molar-refractivity contribution in [2.24, 2.45) is 23.7 Å². The molecule has 2 rings (SSSR count). The van der Waals surface area contributed by atoms with Crippen LogP contribution in [0.1, 0.15) is 46.5 Å². The van der Waals surface area contributed by atoms with E-state index in [-0.39, 0.29) is 6.10 Å². The minimum Gasteiger partial charge on any atom is -0.393 e. The fourth-order valence-corrected chi connectivity index (χ4v) is 3.99. The molecular weight excluding hydrogens is 250 g/mol. The molecule has 0 spiro atoms. The molecule has 0 bridgehead atoms. The van der Waals surface area contributed by atoms with Crippen LogP contribution < -0.4 is 0 Å². The molecule has 0 aromatic heterocycles. The first-order valence-electron chi connectivity index (χ1n) is 8.44. The van der Waals surface area contributed by atoms with Crippen molar-refractivity contribution in [1.29, 1.82) is 0 Å². The molecular formula is C17H33NO2. The lowest BCUT2D eigenvalue weighted by Crippen LogP contribution is -2.48. The van der Waals surface area contributed by atoms with E-state index < -0.39 is 0 Å². The summed E-state index contributed by atoms with van der Waals surface area (Å²) in [5.74, 6) is 2.67. The zero-order valence-corrected chi connectivity index (χ0v) is 13.7. The van der Waals surface area contributed by atoms with Gasteiger partial charge in [0.1, 0.15) is 0 Å². The van der Waals surface area contributed by atoms with Gasteiger partial charge in [-0.1, -0.05) is 20.8 Å². The molecule has 0 aromatic carbocycles. The van der Waals surface area contributed by atoms with Crippen LogP contribution in [0.25, 0.3) is 0 Å². The number of aliphatic hydroxyl groups excluding tert-OH is 1. The number of hydrogen-bond donors (Lipinski definition) is 1. The van der Waals surface area contributed by atoms with Crippen molar-refractivity contribution >= 4 is 0 Å². The zero-order chi connectivity index (χ0) is 14.7. The highest BCUT2D eigenvalue weighted by atomic mass is 16.5. The molecule has 20 heavy (non-hydrogen) atoms. The van der Waals surface area contributed by atoms with Gasteiger partial charge in [0.25, 0.3) is 0 Å². The van der Waals surface area contributed by atoms with Crippen molar-refractivity contribution in [3.8, 4) is 0 Å². The number of likely N-dealkylation sites (tertiary alicyclic amines) is 1. The number of aliphatic hydroxyl groups is 1. The molecule has 1 aliphatic carbocycles. The van der Waals surface area contributed by atoms with Gasteiger partial charge in [0, 0.05) is 20.2 Å². The average Bonchev–Trinajstić information content (AvgIpc) is 2.43. The van der Waals surface area contributed by atoms with Crippen LogP contribution in [0, 0.1) is 23.7 Å². The molecule has 0 radical (unpaired) electrons. The smallest absolute Gasteiger partial charge is 0.0724 e. The molecule has 118 valence electrons. The Hall–Kier alpha value is -0.120. The molecule has 0 amide bonds. The molecule has 3 heteroatoms. The van der Waals surface area contributed by atoms with Gasteiger partial charge in [-0.3, -0.25) is 0 Å². The van der Waals surface area contributed by atoms with Gasteiger partial charge < -0.3 is 14.7 Å². The summed E-state index contributed by atoms with van der Waals surface area (Å²) in [7, 11) is 1.83. The van der Waals surface area contributed by atoms with E-state index in [9.17, 15) is 5.11 Å². The van der Waals surface area contributed by atoms with Crippen LogP contribution in [0.15, 0.2) is 0 Å². The summed E-state index contributed by atoms with van der Waals surface area (Å²) in [6.07, 6.45) is 4.88. The topological polar surface area (TPSA) is 32.7 Å². The average molecular weight is 283 g/mol. The van der Waals surface area contributed by atoms with E-state index in [2.05, 4.69) is 25.7 Å². The van der Waals surface area contributed by atoms with E-state index in [1.807, 2.05) is 7.11 Å². The van der Waals surface area contributed by atoms with E-state index >= 15 is 0 Å². The van der Waals surface area contributed by atoms with Gasteiger partial charge in [-0.25, -0.2) is 0 Å². The van der Waals surface area contributed by atoms with Crippen molar-refractivity contribution in [2.45, 2.75) is 58.7 Å². The van der Waals surface area contributed by atoms with Crippen LogP contribution in [0.2, 0.25) is 0 Å². The Bertz CT molecular complexity index is 295. The predicted octanol–water partition coefficient (Wildman–Crippen LogP) is 2.78. The first-order valence-corrected chi connectivity index (χ1v) is 8.44. The Morgan fingerprint density at radius 1 is 1.25 bits per heavy atom. The number of piperidine rings is 1. The molecule has 1 saturated heterocycles. The molecule has 1 aliphatic heterocycles. The van der Waals surface area contributed by atoms with Crippen LogP contribution >= 0.6 is 0 Å². The molecule has 1 saturated carbocycles. The standard InChI is InChI=1S/C17H33NO2/c1-12(2)14-5-6-16(19)15(9-14)10-18-8-7-13(3)17(11-18)20-4/h12-17,19H,5-11H2,1-4H3. The highest BCUT2D eigenvalue weighted by molar-refractivity contribution is 4.86. The van der Waals surface area contributed by atoms with Crippen LogP contribution in [0.3, 0.4) is 0 Å². The van der Waals surface area contributed by atoms with E-state index in [1.165, 1.54) is 19.3 Å². The van der Waals surface area contributed by atoms with Crippen LogP contribution in [0.5, 0.6) is 0 Å². The molecule has 1 N–H and O–H groups in total. The number of nitrogens with zero attached hydrogens (tertiary/aromatic N) is 1. The number of methoxy groups -OCH3 is 1. The van der Waals surface area contributed by atoms with Crippen molar-refractivity contribution in [3.05, 3.63) is 0 Å². The maximum atomic E-state index is 10.3. The summed E-state index contributed by atoms with van der Waals surface area (Å²) in [4.78, 5) is 2.52. The summed E-state index contributed by atoms with van der Waals surface area (Å²) in [5.41, 5.74) is 0. The minimum atomic E-state index is -0.0923. The summed E-state index contributed by atoms with van der Waals surface area (Å²) in [6, 6.07) is 0. The van der Waals surface area contributed by atoms with E-state index in [0.29, 0.717) is 17.9 Å². The summed E-state index contributed by atoms with van der Waals surface area (Å²) in [6.45, 7) is 10.2. The van der Waals surface area contributed by atoms with Crippen LogP contribution in [0.4, 0.5) is 0 Å². The molecule has 0 aromatic rings. The maximum absolute atomic E-state index is 10.3. The third-order valence-electron chi connectivity index (χ3n) is 5.69. The lowest BCUT2D eigenvalue weighted by atomic mass is 9.74. The Labute approximate surface area is 124 Å². The summed E-state index contributed by atoms with van der Waals surface area (Å²) >= 11 is 0. The molecule has 3 nitrogen and oxygen atoms in total. The number of rotatable bonds is 4. The first-order chi connectivity index (χ1) is 9.51. The highest BCUT2D eigenvalue weighted by Crippen LogP contribution is 2.35. The number of ether oxygens (including phenoxy) is 1. The van der Waals surface area contributed by atoms with Crippen LogP contribution in [-0.4, -0.2) is 49.0 Å². The molecule has 5 unspecified atom stereocenters. The van der Waals surface area contributed by atoms with E-state index in [4.69, 9.17) is 4.74 Å². The molecule has 2 fully saturated rings. The summed E-state index contributed by atoms with van der Waals surface area (Å²) < 4.78 is 5.60. The van der Waals surface area contributed by atoms with Gasteiger partial charge in [0.15, 0.2) is 0 Å². The third kappa shape index (κ3) is 3.96. The van der Waals surface area contributed by atoms with Crippen molar-refractivity contribution in [2.75, 3.05) is 26.7 Å². The lowest BCUT2D eigenvalue weighted by Gasteiger charge is -2.41. The largest absolute Gasteiger partial charge is 0.393 e. The second kappa shape index (κ2) is 7.24. The Balaban J connectivity index is 1.88. The SMILES string of the molecule is COC1CN(CC2CC(C(C)C)CCC2O)CCC1C. The predicted molar refractivity (Wildman–Crippen MR) is 82.7 cm³/mol. The van der Waals surface area contributed by atoms with Crippen molar-refractivity contribution < 1.29 is 9.84 Å². The van der Waals surface area contributed by atoms with Gasteiger partial charge in [-0.05, 0) is 55.9 Å². The molecule has 2 aliphatic rings. The van der Waals surface area contributed by atoms with Gasteiger partial charge >= 0.3 is 0 Å². The zero-order valence-electron chi connectivity index (χ0n) is 13.7. The second-order valence-electron chi connectivity index (χ2n) is 7.44. The highest BCUT2D eigenvalue weighted by Gasteiger charge is 2.34. The molecule has 5 atom stereocenters. The Morgan fingerprint density at radius 2 is 2.00 bits per heavy atom. The normalized spacial score (nSPS) is 40.2. The maximum Gasteiger partial charge on any atom is 0.0724 e. The van der Waals surface area contributed by atoms with Gasteiger partial charge in [-0.15, -0.1) is 0 Å². The van der Waals surface area contributed by atoms with Crippen molar-refractivity contribution in [3.63, 3.8) is 0 Å².